The van der Waals surface area contributed by atoms with E-state index in [1.165, 1.54) is 6.92 Å². The number of aliphatic hydroxyl groups excluding tert-OH is 1. The van der Waals surface area contributed by atoms with E-state index >= 15 is 0 Å². The number of nitrogens with one attached hydrogen (secondary N) is 3. The van der Waals surface area contributed by atoms with Crippen molar-refractivity contribution in [3.63, 3.8) is 0 Å². The summed E-state index contributed by atoms with van der Waals surface area (Å²) >= 11 is 0. The number of aliphatic hydroxyl groups is 1. The van der Waals surface area contributed by atoms with Gasteiger partial charge in [0, 0.05) is 0 Å². The molecule has 3 amide bonds. The van der Waals surface area contributed by atoms with Gasteiger partial charge >= 0.3 is 11.9 Å². The van der Waals surface area contributed by atoms with E-state index in [9.17, 15) is 34.2 Å². The number of rotatable bonds is 15. The second kappa shape index (κ2) is 14.3. The molecule has 0 aliphatic heterocycles. The number of aliphatic carboxylic acids is 2. The Bertz CT molecular complexity index is 670. The molecule has 0 spiro atoms. The molecular formula is C19H35N5O8. The number of carbonyl (C=O) groups is 5. The predicted molar refractivity (Wildman–Crippen MR) is 113 cm³/mol. The summed E-state index contributed by atoms with van der Waals surface area (Å²) in [5.74, 6) is -5.79. The van der Waals surface area contributed by atoms with Crippen LogP contribution in [0.3, 0.4) is 0 Å². The number of amides is 3. The van der Waals surface area contributed by atoms with Crippen LogP contribution in [0.4, 0.5) is 0 Å². The van der Waals surface area contributed by atoms with Crippen LogP contribution in [0, 0.1) is 5.92 Å². The molecule has 0 aliphatic rings. The van der Waals surface area contributed by atoms with Crippen molar-refractivity contribution in [2.45, 2.75) is 76.7 Å². The molecule has 5 unspecified atom stereocenters. The van der Waals surface area contributed by atoms with E-state index in [2.05, 4.69) is 16.0 Å². The van der Waals surface area contributed by atoms with Crippen LogP contribution >= 0.6 is 0 Å². The van der Waals surface area contributed by atoms with E-state index < -0.39 is 66.4 Å². The van der Waals surface area contributed by atoms with E-state index in [0.717, 1.165) is 0 Å². The summed E-state index contributed by atoms with van der Waals surface area (Å²) in [5.41, 5.74) is 11.1. The third kappa shape index (κ3) is 10.5. The van der Waals surface area contributed by atoms with Crippen LogP contribution in [-0.4, -0.2) is 81.8 Å². The van der Waals surface area contributed by atoms with E-state index in [0.29, 0.717) is 19.4 Å². The Kier molecular flexibility index (Phi) is 13.1. The lowest BCUT2D eigenvalue weighted by Gasteiger charge is -2.26. The van der Waals surface area contributed by atoms with Crippen molar-refractivity contribution in [1.82, 2.24) is 16.0 Å². The standard InChI is InChI=1S/C19H35N5O8/c1-9(2)14(21)17(29)24-15(10(3)25)18(30)23-12(8-13(26)27)16(28)22-11(19(31)32)6-4-5-7-20/h9-12,14-15,25H,4-8,20-21H2,1-3H3,(H,22,28)(H,23,30)(H,24,29)(H,26,27)(H,31,32). The van der Waals surface area contributed by atoms with Gasteiger partial charge < -0.3 is 42.7 Å². The number of carbonyl (C=O) groups excluding carboxylic acids is 3. The predicted octanol–water partition coefficient (Wildman–Crippen LogP) is -2.51. The first-order valence-electron chi connectivity index (χ1n) is 10.3. The van der Waals surface area contributed by atoms with Gasteiger partial charge in [-0.3, -0.25) is 19.2 Å². The van der Waals surface area contributed by atoms with E-state index in [1.807, 2.05) is 0 Å². The first-order valence-corrected chi connectivity index (χ1v) is 10.3. The maximum atomic E-state index is 12.6. The number of carboxylic acids is 2. The van der Waals surface area contributed by atoms with Gasteiger partial charge in [0.1, 0.15) is 18.1 Å². The molecule has 0 heterocycles. The summed E-state index contributed by atoms with van der Waals surface area (Å²) in [6.45, 7) is 4.92. The summed E-state index contributed by atoms with van der Waals surface area (Å²) in [7, 11) is 0. The number of unbranched alkanes of at least 4 members (excludes halogenated alkanes) is 1. The fraction of sp³-hybridized carbons (Fsp3) is 0.737. The Balaban J connectivity index is 5.41. The molecule has 13 heteroatoms. The zero-order chi connectivity index (χ0) is 25.0. The zero-order valence-electron chi connectivity index (χ0n) is 18.5. The molecule has 0 bridgehead atoms. The molecule has 0 aromatic rings. The van der Waals surface area contributed by atoms with Gasteiger partial charge in [-0.15, -0.1) is 0 Å². The largest absolute Gasteiger partial charge is 0.481 e. The topological polar surface area (TPSA) is 234 Å². The highest BCUT2D eigenvalue weighted by Gasteiger charge is 2.33. The molecule has 0 fully saturated rings. The van der Waals surface area contributed by atoms with E-state index in [-0.39, 0.29) is 12.3 Å². The van der Waals surface area contributed by atoms with Crippen molar-refractivity contribution < 1.29 is 39.3 Å². The number of carboxylic acid groups (broad SMARTS) is 2. The highest BCUT2D eigenvalue weighted by molar-refractivity contribution is 5.95. The highest BCUT2D eigenvalue weighted by atomic mass is 16.4. The lowest BCUT2D eigenvalue weighted by Crippen LogP contribution is -2.60. The number of hydrogen-bond acceptors (Lipinski definition) is 8. The van der Waals surface area contributed by atoms with Crippen LogP contribution in [0.1, 0.15) is 46.5 Å². The molecule has 0 rings (SSSR count). The molecule has 184 valence electrons. The van der Waals surface area contributed by atoms with Crippen molar-refractivity contribution in [1.29, 1.82) is 0 Å². The normalized spacial score (nSPS) is 15.7. The summed E-state index contributed by atoms with van der Waals surface area (Å²) in [4.78, 5) is 59.9. The second-order valence-electron chi connectivity index (χ2n) is 7.84. The maximum Gasteiger partial charge on any atom is 0.326 e. The molecule has 13 nitrogen and oxygen atoms in total. The second-order valence-corrected chi connectivity index (χ2v) is 7.84. The Morgan fingerprint density at radius 1 is 0.844 bits per heavy atom. The Morgan fingerprint density at radius 3 is 1.84 bits per heavy atom. The Hall–Kier alpha value is -2.77. The Labute approximate surface area is 186 Å². The quantitative estimate of drug-likeness (QED) is 0.119. The molecule has 0 aliphatic carbocycles. The van der Waals surface area contributed by atoms with Crippen molar-refractivity contribution >= 4 is 29.7 Å². The van der Waals surface area contributed by atoms with Crippen LogP contribution < -0.4 is 27.4 Å². The molecule has 0 aromatic carbocycles. The highest BCUT2D eigenvalue weighted by Crippen LogP contribution is 2.05. The van der Waals surface area contributed by atoms with Crippen LogP contribution in [-0.2, 0) is 24.0 Å². The lowest BCUT2D eigenvalue weighted by atomic mass is 10.0. The molecule has 0 saturated carbocycles. The van der Waals surface area contributed by atoms with Gasteiger partial charge in [0.05, 0.1) is 18.6 Å². The minimum absolute atomic E-state index is 0.0610. The number of hydrogen-bond donors (Lipinski definition) is 8. The molecule has 10 N–H and O–H groups in total. The van der Waals surface area contributed by atoms with Gasteiger partial charge in [0.2, 0.25) is 17.7 Å². The van der Waals surface area contributed by atoms with E-state index in [1.54, 1.807) is 13.8 Å². The third-order valence-electron chi connectivity index (χ3n) is 4.66. The van der Waals surface area contributed by atoms with Crippen LogP contribution in [0.2, 0.25) is 0 Å². The maximum absolute atomic E-state index is 12.6. The van der Waals surface area contributed by atoms with Gasteiger partial charge in [-0.2, -0.15) is 0 Å². The van der Waals surface area contributed by atoms with Gasteiger partial charge in [0.25, 0.3) is 0 Å². The zero-order valence-corrected chi connectivity index (χ0v) is 18.5. The lowest BCUT2D eigenvalue weighted by molar-refractivity contribution is -0.144. The monoisotopic (exact) mass is 461 g/mol. The van der Waals surface area contributed by atoms with Gasteiger partial charge in [-0.05, 0) is 38.6 Å². The summed E-state index contributed by atoms with van der Waals surface area (Å²) in [6, 6.07) is -5.44. The van der Waals surface area contributed by atoms with Crippen molar-refractivity contribution in [3.8, 4) is 0 Å². The summed E-state index contributed by atoms with van der Waals surface area (Å²) in [5, 5.41) is 34.9. The molecule has 32 heavy (non-hydrogen) atoms. The smallest absolute Gasteiger partial charge is 0.326 e. The average Bonchev–Trinajstić information content (AvgIpc) is 2.68. The van der Waals surface area contributed by atoms with Crippen LogP contribution in [0.5, 0.6) is 0 Å². The van der Waals surface area contributed by atoms with Crippen molar-refractivity contribution in [2.75, 3.05) is 6.54 Å². The van der Waals surface area contributed by atoms with Crippen molar-refractivity contribution in [3.05, 3.63) is 0 Å². The fourth-order valence-electron chi connectivity index (χ4n) is 2.63. The minimum atomic E-state index is -1.65. The molecule has 0 aromatic heterocycles. The average molecular weight is 462 g/mol. The van der Waals surface area contributed by atoms with Crippen molar-refractivity contribution in [2.24, 2.45) is 17.4 Å². The molecule has 5 atom stereocenters. The first-order chi connectivity index (χ1) is 14.8. The van der Waals surface area contributed by atoms with Crippen LogP contribution in [0.15, 0.2) is 0 Å². The number of nitrogens with two attached hydrogens (primary N) is 2. The summed E-state index contributed by atoms with van der Waals surface area (Å²) < 4.78 is 0. The molecule has 0 radical (unpaired) electrons. The van der Waals surface area contributed by atoms with Gasteiger partial charge in [-0.1, -0.05) is 13.8 Å². The van der Waals surface area contributed by atoms with E-state index in [4.69, 9.17) is 16.6 Å². The molecule has 0 saturated heterocycles. The first kappa shape index (κ1) is 29.2. The summed E-state index contributed by atoms with van der Waals surface area (Å²) in [6.07, 6.45) is -1.24. The third-order valence-corrected chi connectivity index (χ3v) is 4.66. The van der Waals surface area contributed by atoms with Gasteiger partial charge in [0.15, 0.2) is 0 Å². The van der Waals surface area contributed by atoms with Crippen LogP contribution in [0.25, 0.3) is 0 Å². The van der Waals surface area contributed by atoms with Gasteiger partial charge in [-0.25, -0.2) is 4.79 Å². The minimum Gasteiger partial charge on any atom is -0.481 e. The fourth-order valence-corrected chi connectivity index (χ4v) is 2.63. The Morgan fingerprint density at radius 2 is 1.41 bits per heavy atom. The molecular weight excluding hydrogens is 426 g/mol. The SMILES string of the molecule is CC(C)C(N)C(=O)NC(C(=O)NC(CC(=O)O)C(=O)NC(CCCCN)C(=O)O)C(C)O.